The van der Waals surface area contributed by atoms with Crippen LogP contribution < -0.4 is 15.6 Å². The van der Waals surface area contributed by atoms with Gasteiger partial charge < -0.3 is 15.0 Å². The van der Waals surface area contributed by atoms with Crippen molar-refractivity contribution in [2.45, 2.75) is 38.3 Å². The van der Waals surface area contributed by atoms with Gasteiger partial charge in [-0.25, -0.2) is 4.98 Å². The molecule has 2 aromatic rings. The number of H-pyrrole nitrogens is 1. The monoisotopic (exact) mass is 411 g/mol. The van der Waals surface area contributed by atoms with E-state index in [1.54, 1.807) is 7.11 Å². The number of hydrogen-bond acceptors (Lipinski definition) is 6. The van der Waals surface area contributed by atoms with Crippen molar-refractivity contribution in [1.82, 2.24) is 9.97 Å². The molecule has 1 aliphatic carbocycles. The number of allylic oxidation sites excluding steroid dienone is 2. The number of ketones is 1. The molecule has 1 aliphatic heterocycles. The van der Waals surface area contributed by atoms with Gasteiger partial charge in [0.05, 0.1) is 18.6 Å². The van der Waals surface area contributed by atoms with E-state index >= 15 is 0 Å². The molecular formula is C22H25N3O3S. The SMILES string of the molecule is CCSc1nc2c(c(=O)[nH]1)C(c1ccccc1OC)C1C(=O)CC(C)(C)C=C1N2. The molecule has 2 heterocycles. The number of benzene rings is 1. The van der Waals surface area contributed by atoms with Crippen molar-refractivity contribution < 1.29 is 9.53 Å². The fourth-order valence-electron chi connectivity index (χ4n) is 4.39. The van der Waals surface area contributed by atoms with Gasteiger partial charge in [0, 0.05) is 23.6 Å². The summed E-state index contributed by atoms with van der Waals surface area (Å²) in [5.74, 6) is 1.19. The Labute approximate surface area is 174 Å². The molecule has 0 fully saturated rings. The lowest BCUT2D eigenvalue weighted by Crippen LogP contribution is -2.41. The maximum atomic E-state index is 13.3. The fourth-order valence-corrected chi connectivity index (χ4v) is 4.98. The van der Waals surface area contributed by atoms with E-state index < -0.39 is 11.8 Å². The highest BCUT2D eigenvalue weighted by atomic mass is 32.2. The Hall–Kier alpha value is -2.54. The molecule has 29 heavy (non-hydrogen) atoms. The third kappa shape index (κ3) is 3.48. The van der Waals surface area contributed by atoms with E-state index in [0.717, 1.165) is 17.0 Å². The van der Waals surface area contributed by atoms with E-state index in [2.05, 4.69) is 21.4 Å². The van der Waals surface area contributed by atoms with Gasteiger partial charge in [0.2, 0.25) is 0 Å². The van der Waals surface area contributed by atoms with E-state index in [4.69, 9.17) is 4.74 Å². The number of anilines is 1. The van der Waals surface area contributed by atoms with Gasteiger partial charge in [-0.3, -0.25) is 9.59 Å². The van der Waals surface area contributed by atoms with Crippen molar-refractivity contribution in [3.05, 3.63) is 57.5 Å². The normalized spacial score (nSPS) is 22.2. The average Bonchev–Trinajstić information content (AvgIpc) is 2.65. The van der Waals surface area contributed by atoms with Crippen LogP contribution in [0.25, 0.3) is 0 Å². The molecular weight excluding hydrogens is 386 g/mol. The Morgan fingerprint density at radius 3 is 2.72 bits per heavy atom. The predicted octanol–water partition coefficient (Wildman–Crippen LogP) is 3.95. The first kappa shape index (κ1) is 19.8. The van der Waals surface area contributed by atoms with Crippen LogP contribution in [0, 0.1) is 11.3 Å². The molecule has 2 unspecified atom stereocenters. The van der Waals surface area contributed by atoms with E-state index in [-0.39, 0.29) is 16.8 Å². The summed E-state index contributed by atoms with van der Waals surface area (Å²) in [4.78, 5) is 33.9. The summed E-state index contributed by atoms with van der Waals surface area (Å²) >= 11 is 1.48. The zero-order valence-electron chi connectivity index (χ0n) is 17.0. The molecule has 7 heteroatoms. The van der Waals surface area contributed by atoms with Crippen LogP contribution in [0.1, 0.15) is 44.2 Å². The molecule has 0 saturated carbocycles. The smallest absolute Gasteiger partial charge is 0.257 e. The number of nitrogens with one attached hydrogen (secondary N) is 2. The summed E-state index contributed by atoms with van der Waals surface area (Å²) in [6, 6.07) is 7.58. The summed E-state index contributed by atoms with van der Waals surface area (Å²) in [5, 5.41) is 3.89. The van der Waals surface area contributed by atoms with Crippen molar-refractivity contribution in [2.24, 2.45) is 11.3 Å². The second-order valence-electron chi connectivity index (χ2n) is 8.12. The van der Waals surface area contributed by atoms with Crippen molar-refractivity contribution in [1.29, 1.82) is 0 Å². The number of ether oxygens (including phenoxy) is 1. The quantitative estimate of drug-likeness (QED) is 0.585. The van der Waals surface area contributed by atoms with Crippen LogP contribution in [0.15, 0.2) is 46.0 Å². The summed E-state index contributed by atoms with van der Waals surface area (Å²) in [6.07, 6.45) is 2.54. The number of fused-ring (bicyclic) bond motifs is 2. The standard InChI is InChI=1S/C22H25N3O3S/c1-5-29-21-24-19-18(20(27)25-21)16(12-8-6-7-9-15(12)28-4)17-13(23-19)10-22(2,3)11-14(17)26/h6-10,16-17H,5,11H2,1-4H3,(H2,23,24,25,27). The molecule has 2 aliphatic rings. The fraction of sp³-hybridized carbons (Fsp3) is 0.409. The molecule has 0 saturated heterocycles. The lowest BCUT2D eigenvalue weighted by molar-refractivity contribution is -0.124. The lowest BCUT2D eigenvalue weighted by Gasteiger charge is -2.40. The summed E-state index contributed by atoms with van der Waals surface area (Å²) < 4.78 is 5.58. The maximum absolute atomic E-state index is 13.3. The van der Waals surface area contributed by atoms with Crippen LogP contribution in [0.2, 0.25) is 0 Å². The third-order valence-electron chi connectivity index (χ3n) is 5.45. The van der Waals surface area contributed by atoms with Gasteiger partial charge >= 0.3 is 0 Å². The third-order valence-corrected chi connectivity index (χ3v) is 6.21. The Kier molecular flexibility index (Phi) is 5.02. The zero-order valence-corrected chi connectivity index (χ0v) is 17.9. The zero-order chi connectivity index (χ0) is 20.8. The average molecular weight is 412 g/mol. The van der Waals surface area contributed by atoms with E-state index in [0.29, 0.717) is 28.7 Å². The van der Waals surface area contributed by atoms with E-state index in [1.165, 1.54) is 11.8 Å². The highest BCUT2D eigenvalue weighted by Crippen LogP contribution is 2.49. The number of carbonyl (C=O) groups excluding carboxylic acids is 1. The molecule has 152 valence electrons. The first-order valence-electron chi connectivity index (χ1n) is 9.77. The minimum Gasteiger partial charge on any atom is -0.496 e. The van der Waals surface area contributed by atoms with Crippen molar-refractivity contribution in [3.63, 3.8) is 0 Å². The van der Waals surface area contributed by atoms with Crippen molar-refractivity contribution in [3.8, 4) is 5.75 Å². The second-order valence-corrected chi connectivity index (χ2v) is 9.37. The van der Waals surface area contributed by atoms with Crippen LogP contribution in [0.3, 0.4) is 0 Å². The molecule has 1 aromatic heterocycles. The van der Waals surface area contributed by atoms with Crippen LogP contribution in [-0.4, -0.2) is 28.6 Å². The minimum absolute atomic E-state index is 0.118. The summed E-state index contributed by atoms with van der Waals surface area (Å²) in [6.45, 7) is 6.11. The predicted molar refractivity (Wildman–Crippen MR) is 115 cm³/mol. The largest absolute Gasteiger partial charge is 0.496 e. The number of aromatic nitrogens is 2. The highest BCUT2D eigenvalue weighted by Gasteiger charge is 2.46. The van der Waals surface area contributed by atoms with Gasteiger partial charge in [-0.15, -0.1) is 0 Å². The Morgan fingerprint density at radius 2 is 2.00 bits per heavy atom. The minimum atomic E-state index is -0.459. The number of aromatic amines is 1. The van der Waals surface area contributed by atoms with Gasteiger partial charge in [-0.2, -0.15) is 0 Å². The summed E-state index contributed by atoms with van der Waals surface area (Å²) in [7, 11) is 1.60. The topological polar surface area (TPSA) is 84.1 Å². The summed E-state index contributed by atoms with van der Waals surface area (Å²) in [5.41, 5.74) is 1.67. The number of para-hydroxylation sites is 1. The lowest BCUT2D eigenvalue weighted by atomic mass is 9.67. The van der Waals surface area contributed by atoms with Crippen molar-refractivity contribution >= 4 is 23.4 Å². The van der Waals surface area contributed by atoms with Gasteiger partial charge in [0.25, 0.3) is 5.56 Å². The van der Waals surface area contributed by atoms with Crippen molar-refractivity contribution in [2.75, 3.05) is 18.2 Å². The number of thioether (sulfide) groups is 1. The highest BCUT2D eigenvalue weighted by molar-refractivity contribution is 7.99. The number of rotatable bonds is 4. The molecule has 2 atom stereocenters. The number of methoxy groups -OCH3 is 1. The molecule has 6 nitrogen and oxygen atoms in total. The molecule has 1 aromatic carbocycles. The molecule has 4 rings (SSSR count). The van der Waals surface area contributed by atoms with Gasteiger partial charge in [0.15, 0.2) is 5.16 Å². The van der Waals surface area contributed by atoms with E-state index in [9.17, 15) is 9.59 Å². The number of carbonyl (C=O) groups is 1. The molecule has 0 spiro atoms. The Bertz CT molecular complexity index is 1060. The molecule has 2 N–H and O–H groups in total. The second kappa shape index (κ2) is 7.37. The van der Waals surface area contributed by atoms with Crippen LogP contribution >= 0.6 is 11.8 Å². The van der Waals surface area contributed by atoms with Gasteiger partial charge in [-0.1, -0.05) is 56.8 Å². The van der Waals surface area contributed by atoms with Crippen LogP contribution in [-0.2, 0) is 4.79 Å². The molecule has 0 bridgehead atoms. The first-order valence-corrected chi connectivity index (χ1v) is 10.8. The number of nitrogens with zero attached hydrogens (tertiary/aromatic N) is 1. The van der Waals surface area contributed by atoms with Gasteiger partial charge in [0.1, 0.15) is 17.4 Å². The van der Waals surface area contributed by atoms with Crippen LogP contribution in [0.4, 0.5) is 5.82 Å². The van der Waals surface area contributed by atoms with Crippen LogP contribution in [0.5, 0.6) is 5.75 Å². The van der Waals surface area contributed by atoms with E-state index in [1.807, 2.05) is 45.0 Å². The maximum Gasteiger partial charge on any atom is 0.257 e. The number of hydrogen-bond donors (Lipinski definition) is 2. The first-order chi connectivity index (χ1) is 13.8. The number of Topliss-reactive ketones (excluding diaryl/α,β-unsaturated/α-hetero) is 1. The van der Waals surface area contributed by atoms with Gasteiger partial charge in [-0.05, 0) is 17.2 Å². The Morgan fingerprint density at radius 1 is 1.24 bits per heavy atom. The molecule has 0 amide bonds. The molecule has 0 radical (unpaired) electrons. The Balaban J connectivity index is 1.99.